The summed E-state index contributed by atoms with van der Waals surface area (Å²) in [6.07, 6.45) is 12.1. The number of carbonyl (C=O) groups is 8. The lowest BCUT2D eigenvalue weighted by Gasteiger charge is -2.20. The van der Waals surface area contributed by atoms with Crippen LogP contribution < -0.4 is 42.5 Å². The number of likely N-dealkylation sites (tertiary alicyclic amines) is 4. The Balaban J connectivity index is 0.000000159. The average molecular weight is 2060 g/mol. The number of hydrogen-bond acceptors (Lipinski definition) is 28. The van der Waals surface area contributed by atoms with Crippen LogP contribution in [0, 0.1) is 27.7 Å². The van der Waals surface area contributed by atoms with E-state index in [1.807, 2.05) is 93.5 Å². The Morgan fingerprint density at radius 1 is 0.373 bits per heavy atom. The van der Waals surface area contributed by atoms with Crippen molar-refractivity contribution < 1.29 is 93.9 Å². The summed E-state index contributed by atoms with van der Waals surface area (Å²) in [4.78, 5) is 147. The molecular formula is C98H128F8N20O12S4. The highest BCUT2D eigenvalue weighted by Gasteiger charge is 2.51. The van der Waals surface area contributed by atoms with Gasteiger partial charge in [-0.15, -0.1) is 45.3 Å². The highest BCUT2D eigenvalue weighted by atomic mass is 32.1. The third-order valence-electron chi connectivity index (χ3n) is 26.6. The number of nitrogens with zero attached hydrogens (tertiary/aromatic N) is 12. The maximum absolute atomic E-state index is 14.1. The van der Waals surface area contributed by atoms with Crippen LogP contribution in [0.5, 0.6) is 0 Å². The molecule has 14 atom stereocenters. The first-order valence-corrected chi connectivity index (χ1v) is 51.8. The molecule has 12 heterocycles. The first-order chi connectivity index (χ1) is 66.8. The van der Waals surface area contributed by atoms with Gasteiger partial charge in [-0.3, -0.25) is 38.4 Å². The number of halogens is 8. The summed E-state index contributed by atoms with van der Waals surface area (Å²) in [7, 11) is 0. The molecule has 8 aromatic heterocycles. The average Bonchev–Trinajstić information content (AvgIpc) is 1.63. The molecule has 0 spiro atoms. The Morgan fingerprint density at radius 3 is 0.817 bits per heavy atom. The number of aromatic nitrogens is 8. The number of anilines is 4. The first kappa shape index (κ1) is 109. The first-order valence-electron chi connectivity index (χ1n) is 48.5. The van der Waals surface area contributed by atoms with Crippen molar-refractivity contribution in [1.29, 1.82) is 0 Å². The van der Waals surface area contributed by atoms with Crippen molar-refractivity contribution in [2.24, 2.45) is 0 Å². The van der Waals surface area contributed by atoms with Gasteiger partial charge in [0.05, 0.1) is 82.2 Å². The standard InChI is InChI=1S/2C25H33F2N5O3S.2C24H31F2N5O3S/c1-5-14(3)29-19-8-13(2)18(11-28-19)21-20(24(35)32-12-25(26,27)10-15(32)4)31-23(36-21)22(34)30-16-6-7-17(33)9-16;1-5-14(3)29-19-9-13(2)16(11-28-19)21-20(24(35)32-12-25(26,27)10-15(32)4)31-23(36-21)22(34)30-17-7-6-8-18(17)33;1-12(2)28-18-7-13(3)17(10-27-18)20-19(23(34)31-11-24(25,26)9-14(31)4)30-22(35-20)21(33)29-15-5-6-16(32)8-15;1-12(2)28-18-8-13(3)15(10-27-18)20-19(23(34)31-11-24(25,26)9-14(31)4)30-22(35-20)21(33)29-16-6-5-7-17(16)32/h8,11,14-17,33H,5-7,9-10,12H2,1-4H3,(H,28,29)(H,30,34);9,11,14-15,17-18,33H,5-8,10,12H2,1-4H3,(H,28,29)(H,30,34);7,10,12,14-16,32H,5-6,8-9,11H2,1-4H3,(H,27,28)(H,29,33);8,10,12,14,16-17,32H,5-7,9,11H2,1-4H3,(H,27,28)(H,29,33)/t14-,15+,16-,17-;14-,15+,17+,18+;14-,15-,16-;14-,16+,17+/m1100/s1. The minimum atomic E-state index is -2.97. The van der Waals surface area contributed by atoms with Crippen molar-refractivity contribution in [2.45, 2.75) is 347 Å². The van der Waals surface area contributed by atoms with Crippen LogP contribution in [0.4, 0.5) is 58.4 Å². The molecule has 0 unspecified atom stereocenters. The summed E-state index contributed by atoms with van der Waals surface area (Å²) in [5, 5.41) is 64.4. The van der Waals surface area contributed by atoms with E-state index in [0.29, 0.717) is 129 Å². The number of aliphatic hydroxyl groups excluding tert-OH is 4. The summed E-state index contributed by atoms with van der Waals surface area (Å²) in [5.74, 6) is -13.5. The number of amides is 8. The monoisotopic (exact) mass is 2060 g/mol. The van der Waals surface area contributed by atoms with Gasteiger partial charge in [-0.2, -0.15) is 0 Å². The Labute approximate surface area is 835 Å². The van der Waals surface area contributed by atoms with Crippen molar-refractivity contribution in [3.63, 3.8) is 0 Å². The lowest BCUT2D eigenvalue weighted by atomic mass is 10.1. The maximum atomic E-state index is 14.1. The molecule has 142 heavy (non-hydrogen) atoms. The molecule has 12 N–H and O–H groups in total. The van der Waals surface area contributed by atoms with Gasteiger partial charge in [-0.05, 0) is 233 Å². The zero-order chi connectivity index (χ0) is 103. The lowest BCUT2D eigenvalue weighted by Crippen LogP contribution is -2.40. The van der Waals surface area contributed by atoms with Crippen LogP contribution in [-0.4, -0.2) is 274 Å². The molecule has 0 radical (unpaired) electrons. The number of nitrogens with one attached hydrogen (secondary N) is 8. The zero-order valence-corrected chi connectivity index (χ0v) is 85.8. The van der Waals surface area contributed by atoms with E-state index in [4.69, 9.17) is 0 Å². The fourth-order valence-electron chi connectivity index (χ4n) is 18.8. The number of pyridine rings is 4. The molecule has 4 saturated carbocycles. The molecule has 4 aliphatic carbocycles. The molecule has 8 aliphatic rings. The van der Waals surface area contributed by atoms with Gasteiger partial charge in [-0.25, -0.2) is 75.0 Å². The summed E-state index contributed by atoms with van der Waals surface area (Å²) in [6.45, 7) is 27.3. The number of aryl methyl sites for hydroxylation is 4. The molecule has 4 saturated heterocycles. The zero-order valence-electron chi connectivity index (χ0n) is 82.5. The van der Waals surface area contributed by atoms with Crippen molar-refractivity contribution in [3.05, 3.63) is 114 Å². The van der Waals surface area contributed by atoms with E-state index in [0.717, 1.165) is 113 Å². The van der Waals surface area contributed by atoms with Gasteiger partial charge in [0.1, 0.15) is 46.0 Å². The lowest BCUT2D eigenvalue weighted by molar-refractivity contribution is 0.0115. The summed E-state index contributed by atoms with van der Waals surface area (Å²) in [5.41, 5.74) is 5.60. The van der Waals surface area contributed by atoms with E-state index in [1.165, 1.54) is 0 Å². The Morgan fingerprint density at radius 2 is 0.620 bits per heavy atom. The van der Waals surface area contributed by atoms with Gasteiger partial charge in [0.25, 0.3) is 70.9 Å². The normalized spacial score (nSPS) is 23.9. The Hall–Kier alpha value is -10.6. The second-order valence-electron chi connectivity index (χ2n) is 39.6. The van der Waals surface area contributed by atoms with Gasteiger partial charge in [0.2, 0.25) is 0 Å². The summed E-state index contributed by atoms with van der Waals surface area (Å²) in [6, 6.07) is 4.48. The van der Waals surface area contributed by atoms with Gasteiger partial charge >= 0.3 is 0 Å². The second kappa shape index (κ2) is 45.3. The number of alkyl halides is 8. The van der Waals surface area contributed by atoms with Crippen molar-refractivity contribution in [1.82, 2.24) is 80.7 Å². The van der Waals surface area contributed by atoms with Crippen LogP contribution in [0.2, 0.25) is 0 Å². The number of thiazole rings is 4. The quantitative estimate of drug-likeness (QED) is 0.0224. The van der Waals surface area contributed by atoms with E-state index in [2.05, 4.69) is 96.3 Å². The molecule has 32 nitrogen and oxygen atoms in total. The van der Waals surface area contributed by atoms with Gasteiger partial charge < -0.3 is 82.6 Å². The predicted octanol–water partition coefficient (Wildman–Crippen LogP) is 16.2. The fourth-order valence-corrected chi connectivity index (χ4v) is 22.9. The van der Waals surface area contributed by atoms with E-state index in [9.17, 15) is 93.9 Å². The van der Waals surface area contributed by atoms with Crippen molar-refractivity contribution in [2.75, 3.05) is 47.4 Å². The van der Waals surface area contributed by atoms with Crippen LogP contribution in [0.3, 0.4) is 0 Å². The van der Waals surface area contributed by atoms with Crippen LogP contribution in [0.25, 0.3) is 41.8 Å². The highest BCUT2D eigenvalue weighted by molar-refractivity contribution is 7.18. The Bertz CT molecular complexity index is 5920. The minimum Gasteiger partial charge on any atom is -0.393 e. The number of carbonyl (C=O) groups excluding carboxylic acids is 8. The molecule has 44 heteroatoms. The van der Waals surface area contributed by atoms with Crippen molar-refractivity contribution >= 4 is 116 Å². The summed E-state index contributed by atoms with van der Waals surface area (Å²) >= 11 is 4.16. The Kier molecular flexibility index (Phi) is 34.7. The molecule has 8 aromatic rings. The SMILES string of the molecule is CC[C@@H](C)Nc1cc(C)c(-c2sc(C(=O)N[C@@H]3CC[C@@H](O)C3)nc2C(=O)N2CC(F)(F)C[C@@H]2C)cn1.CC[C@@H](C)Nc1cc(C)c(-c2sc(C(=O)N[C@H]3CCC[C@@H]3O)nc2C(=O)N2CC(F)(F)C[C@@H]2C)cn1.Cc1cc(NC(C)C)ncc1-c1sc(C(=O)N[C@@H]2CCC[C@H]2O)nc1C(=O)N1CC(F)(F)C[C@@H]1C.Cc1cc(NC(C)C)ncc1-c1sc(C(=O)N[C@H]2CC[C@H](O)C2)nc1C(=O)N1CC(F)(F)C[C@@H]1C. The minimum absolute atomic E-state index is 0.0197. The summed E-state index contributed by atoms with van der Waals surface area (Å²) < 4.78 is 112. The third kappa shape index (κ3) is 26.5. The van der Waals surface area contributed by atoms with Crippen molar-refractivity contribution in [3.8, 4) is 41.8 Å². The van der Waals surface area contributed by atoms with Crippen LogP contribution in [0.1, 0.15) is 302 Å². The topological polar surface area (TPSA) is 430 Å². The second-order valence-corrected chi connectivity index (χ2v) is 43.6. The molecule has 0 aromatic carbocycles. The molecule has 8 amide bonds. The maximum Gasteiger partial charge on any atom is 0.280 e. The third-order valence-corrected chi connectivity index (χ3v) is 31.0. The van der Waals surface area contributed by atoms with Gasteiger partial charge in [0, 0.05) is 133 Å². The largest absolute Gasteiger partial charge is 0.393 e. The molecular weight excluding hydrogens is 1930 g/mol. The van der Waals surface area contributed by atoms with Gasteiger partial charge in [-0.1, -0.05) is 13.8 Å². The molecule has 772 valence electrons. The van der Waals surface area contributed by atoms with E-state index in [-0.39, 0.29) is 91.1 Å². The molecule has 0 bridgehead atoms. The fraction of sp³-hybridized carbons (Fsp3) is 0.592. The van der Waals surface area contributed by atoms with Crippen LogP contribution in [0.15, 0.2) is 49.1 Å². The van der Waals surface area contributed by atoms with E-state index < -0.39 is 171 Å². The van der Waals surface area contributed by atoms with Crippen LogP contribution >= 0.6 is 45.3 Å². The van der Waals surface area contributed by atoms with Crippen LogP contribution in [-0.2, 0) is 0 Å². The molecule has 8 fully saturated rings. The molecule has 16 rings (SSSR count). The highest BCUT2D eigenvalue weighted by Crippen LogP contribution is 2.45. The van der Waals surface area contributed by atoms with Gasteiger partial charge in [0.15, 0.2) is 20.0 Å². The number of rotatable bonds is 26. The van der Waals surface area contributed by atoms with E-state index in [1.54, 1.807) is 52.5 Å². The smallest absolute Gasteiger partial charge is 0.280 e. The molecule has 4 aliphatic heterocycles. The number of aliphatic hydroxyl groups is 4. The number of hydrogen-bond donors (Lipinski definition) is 12. The predicted molar refractivity (Wildman–Crippen MR) is 529 cm³/mol. The van der Waals surface area contributed by atoms with E-state index >= 15 is 0 Å².